The Morgan fingerprint density at radius 3 is 2.50 bits per heavy atom. The maximum atomic E-state index is 12.7. The van der Waals surface area contributed by atoms with Crippen molar-refractivity contribution in [3.8, 4) is 0 Å². The van der Waals surface area contributed by atoms with Gasteiger partial charge < -0.3 is 16.0 Å². The van der Waals surface area contributed by atoms with Gasteiger partial charge in [-0.1, -0.05) is 48.0 Å². The normalized spacial score (nSPS) is 11.4. The van der Waals surface area contributed by atoms with E-state index in [4.69, 9.17) is 11.6 Å². The SMILES string of the molecule is O=C(Nc1cccc(C(=O)Nc2ccc(Cl)cn2)c1)N[C@H](c1ccccc1)c1ncn[nH]1. The highest BCUT2D eigenvalue weighted by Gasteiger charge is 2.19. The Kier molecular flexibility index (Phi) is 6.38. The number of aromatic nitrogens is 4. The molecular formula is C22H18ClN7O2. The van der Waals surface area contributed by atoms with Gasteiger partial charge in [0.05, 0.1) is 5.02 Å². The average Bonchev–Trinajstić information content (AvgIpc) is 3.34. The fraction of sp³-hybridized carbons (Fsp3) is 0.0455. The van der Waals surface area contributed by atoms with Crippen LogP contribution in [0, 0.1) is 0 Å². The summed E-state index contributed by atoms with van der Waals surface area (Å²) in [4.78, 5) is 33.4. The molecule has 4 N–H and O–H groups in total. The summed E-state index contributed by atoms with van der Waals surface area (Å²) in [5, 5.41) is 15.4. The average molecular weight is 448 g/mol. The second-order valence-corrected chi connectivity index (χ2v) is 7.15. The maximum absolute atomic E-state index is 12.7. The van der Waals surface area contributed by atoms with E-state index in [9.17, 15) is 9.59 Å². The Hall–Kier alpha value is -4.24. The zero-order valence-electron chi connectivity index (χ0n) is 16.6. The third-order valence-corrected chi connectivity index (χ3v) is 4.69. The van der Waals surface area contributed by atoms with Gasteiger partial charge in [0.2, 0.25) is 0 Å². The predicted molar refractivity (Wildman–Crippen MR) is 120 cm³/mol. The first kappa shape index (κ1) is 21.0. The number of anilines is 2. The van der Waals surface area contributed by atoms with Crippen molar-refractivity contribution >= 4 is 35.0 Å². The van der Waals surface area contributed by atoms with Gasteiger partial charge in [0, 0.05) is 17.4 Å². The Balaban J connectivity index is 1.45. The largest absolute Gasteiger partial charge is 0.324 e. The van der Waals surface area contributed by atoms with Gasteiger partial charge in [-0.05, 0) is 35.9 Å². The summed E-state index contributed by atoms with van der Waals surface area (Å²) in [5.74, 6) is 0.496. The lowest BCUT2D eigenvalue weighted by Crippen LogP contribution is -2.33. The number of aromatic amines is 1. The topological polar surface area (TPSA) is 125 Å². The van der Waals surface area contributed by atoms with Crippen molar-refractivity contribution in [2.24, 2.45) is 0 Å². The highest BCUT2D eigenvalue weighted by atomic mass is 35.5. The van der Waals surface area contributed by atoms with E-state index in [1.54, 1.807) is 36.4 Å². The lowest BCUT2D eigenvalue weighted by atomic mass is 10.1. The highest BCUT2D eigenvalue weighted by molar-refractivity contribution is 6.30. The first-order chi connectivity index (χ1) is 15.6. The van der Waals surface area contributed by atoms with Gasteiger partial charge in [-0.2, -0.15) is 5.10 Å². The molecule has 0 bridgehead atoms. The number of rotatable bonds is 6. The van der Waals surface area contributed by atoms with Crippen LogP contribution in [0.2, 0.25) is 5.02 Å². The number of benzene rings is 2. The lowest BCUT2D eigenvalue weighted by Gasteiger charge is -2.17. The number of urea groups is 1. The minimum Gasteiger partial charge on any atom is -0.324 e. The Morgan fingerprint density at radius 2 is 1.78 bits per heavy atom. The van der Waals surface area contributed by atoms with Gasteiger partial charge >= 0.3 is 6.03 Å². The van der Waals surface area contributed by atoms with E-state index in [1.807, 2.05) is 30.3 Å². The zero-order chi connectivity index (χ0) is 22.3. The van der Waals surface area contributed by atoms with Gasteiger partial charge in [-0.25, -0.2) is 14.8 Å². The van der Waals surface area contributed by atoms with E-state index >= 15 is 0 Å². The predicted octanol–water partition coefficient (Wildman–Crippen LogP) is 4.02. The Morgan fingerprint density at radius 1 is 0.938 bits per heavy atom. The maximum Gasteiger partial charge on any atom is 0.320 e. The molecule has 160 valence electrons. The molecule has 3 amide bonds. The Labute approximate surface area is 188 Å². The fourth-order valence-electron chi connectivity index (χ4n) is 2.98. The minimum absolute atomic E-state index is 0.356. The number of nitrogens with one attached hydrogen (secondary N) is 4. The molecular weight excluding hydrogens is 430 g/mol. The number of H-pyrrole nitrogens is 1. The molecule has 2 aromatic heterocycles. The van der Waals surface area contributed by atoms with Crippen molar-refractivity contribution < 1.29 is 9.59 Å². The summed E-state index contributed by atoms with van der Waals surface area (Å²) in [6.45, 7) is 0. The summed E-state index contributed by atoms with van der Waals surface area (Å²) in [6, 6.07) is 18.2. The van der Waals surface area contributed by atoms with Gasteiger partial charge in [0.15, 0.2) is 5.82 Å². The van der Waals surface area contributed by atoms with Crippen LogP contribution < -0.4 is 16.0 Å². The molecule has 10 heteroatoms. The Bertz CT molecular complexity index is 1200. The van der Waals surface area contributed by atoms with Crippen LogP contribution in [0.3, 0.4) is 0 Å². The fourth-order valence-corrected chi connectivity index (χ4v) is 3.10. The molecule has 0 aliphatic carbocycles. The number of amides is 3. The molecule has 0 aliphatic rings. The molecule has 0 fully saturated rings. The van der Waals surface area contributed by atoms with Crippen molar-refractivity contribution in [3.63, 3.8) is 0 Å². The smallest absolute Gasteiger partial charge is 0.320 e. The molecule has 4 aromatic rings. The van der Waals surface area contributed by atoms with Crippen LogP contribution >= 0.6 is 11.6 Å². The van der Waals surface area contributed by atoms with Crippen molar-refractivity contribution in [1.29, 1.82) is 0 Å². The van der Waals surface area contributed by atoms with Gasteiger partial charge in [-0.3, -0.25) is 9.89 Å². The number of carbonyl (C=O) groups is 2. The molecule has 0 radical (unpaired) electrons. The van der Waals surface area contributed by atoms with Gasteiger partial charge in [0.25, 0.3) is 5.91 Å². The molecule has 0 unspecified atom stereocenters. The summed E-state index contributed by atoms with van der Waals surface area (Å²) in [6.07, 6.45) is 2.82. The third kappa shape index (κ3) is 5.27. The van der Waals surface area contributed by atoms with Gasteiger partial charge in [0.1, 0.15) is 18.2 Å². The zero-order valence-corrected chi connectivity index (χ0v) is 17.4. The second kappa shape index (κ2) is 9.71. The van der Waals surface area contributed by atoms with Crippen LogP contribution in [0.4, 0.5) is 16.3 Å². The highest BCUT2D eigenvalue weighted by Crippen LogP contribution is 2.19. The summed E-state index contributed by atoms with van der Waals surface area (Å²) < 4.78 is 0. The van der Waals surface area contributed by atoms with Crippen LogP contribution in [-0.2, 0) is 0 Å². The summed E-state index contributed by atoms with van der Waals surface area (Å²) in [5.41, 5.74) is 1.64. The van der Waals surface area contributed by atoms with Crippen LogP contribution in [0.1, 0.15) is 27.8 Å². The van der Waals surface area contributed by atoms with Gasteiger partial charge in [-0.15, -0.1) is 0 Å². The van der Waals surface area contributed by atoms with E-state index < -0.39 is 12.1 Å². The molecule has 0 saturated carbocycles. The summed E-state index contributed by atoms with van der Waals surface area (Å²) >= 11 is 5.81. The molecule has 0 aliphatic heterocycles. The van der Waals surface area contributed by atoms with Crippen LogP contribution in [0.5, 0.6) is 0 Å². The number of halogens is 1. The van der Waals surface area contributed by atoms with E-state index in [0.29, 0.717) is 27.9 Å². The van der Waals surface area contributed by atoms with E-state index in [2.05, 4.69) is 36.1 Å². The molecule has 2 heterocycles. The molecule has 0 saturated heterocycles. The number of hydrogen-bond acceptors (Lipinski definition) is 5. The molecule has 9 nitrogen and oxygen atoms in total. The van der Waals surface area contributed by atoms with Crippen molar-refractivity contribution in [2.45, 2.75) is 6.04 Å². The van der Waals surface area contributed by atoms with Crippen molar-refractivity contribution in [2.75, 3.05) is 10.6 Å². The van der Waals surface area contributed by atoms with E-state index in [-0.39, 0.29) is 5.91 Å². The molecule has 4 rings (SSSR count). The summed E-state index contributed by atoms with van der Waals surface area (Å²) in [7, 11) is 0. The number of carbonyl (C=O) groups excluding carboxylic acids is 2. The molecule has 1 atom stereocenters. The monoisotopic (exact) mass is 447 g/mol. The number of pyridine rings is 1. The van der Waals surface area contributed by atoms with E-state index in [0.717, 1.165) is 5.56 Å². The first-order valence-electron chi connectivity index (χ1n) is 9.59. The lowest BCUT2D eigenvalue weighted by molar-refractivity contribution is 0.102. The van der Waals surface area contributed by atoms with Crippen LogP contribution in [-0.4, -0.2) is 32.1 Å². The molecule has 2 aromatic carbocycles. The minimum atomic E-state index is -0.527. The molecule has 32 heavy (non-hydrogen) atoms. The van der Waals surface area contributed by atoms with Crippen molar-refractivity contribution in [1.82, 2.24) is 25.5 Å². The van der Waals surface area contributed by atoms with Crippen molar-refractivity contribution in [3.05, 3.63) is 101 Å². The van der Waals surface area contributed by atoms with Crippen LogP contribution in [0.25, 0.3) is 0 Å². The number of nitrogens with zero attached hydrogens (tertiary/aromatic N) is 3. The third-order valence-electron chi connectivity index (χ3n) is 4.47. The quantitative estimate of drug-likeness (QED) is 0.355. The van der Waals surface area contributed by atoms with E-state index in [1.165, 1.54) is 12.5 Å². The first-order valence-corrected chi connectivity index (χ1v) is 9.97. The molecule has 0 spiro atoms. The number of hydrogen-bond donors (Lipinski definition) is 4. The van der Waals surface area contributed by atoms with Crippen LogP contribution in [0.15, 0.2) is 79.3 Å². The standard InChI is InChI=1S/C22H18ClN7O2/c23-16-9-10-18(24-12-16)28-21(31)15-7-4-8-17(11-15)27-22(32)29-19(20-25-13-26-30-20)14-5-2-1-3-6-14/h1-13,19H,(H,24,28,31)(H,25,26,30)(H2,27,29,32)/t19-/m1/s1. The second-order valence-electron chi connectivity index (χ2n) is 6.71.